The van der Waals surface area contributed by atoms with E-state index in [9.17, 15) is 9.90 Å². The van der Waals surface area contributed by atoms with E-state index >= 15 is 0 Å². The maximum absolute atomic E-state index is 11.8. The van der Waals surface area contributed by atoms with Crippen molar-refractivity contribution in [2.45, 2.75) is 64.0 Å². The van der Waals surface area contributed by atoms with Crippen LogP contribution in [0, 0.1) is 0 Å². The summed E-state index contributed by atoms with van der Waals surface area (Å²) in [6.45, 7) is 3.82. The number of carbonyl (C=O) groups is 1. The minimum absolute atomic E-state index is 0.000800. The number of aliphatic carboxylic acids is 1. The number of aromatic nitrogens is 2. The largest absolute Gasteiger partial charge is 0.480 e. The molecule has 21 heavy (non-hydrogen) atoms. The summed E-state index contributed by atoms with van der Waals surface area (Å²) in [5.41, 5.74) is -0.943. The fraction of sp³-hybridized carbons (Fsp3) is 0.667. The smallest absolute Gasteiger partial charge is 0.329 e. The Labute approximate surface area is 124 Å². The molecule has 6 heteroatoms. The summed E-state index contributed by atoms with van der Waals surface area (Å²) in [6.07, 6.45) is 8.29. The van der Waals surface area contributed by atoms with Crippen molar-refractivity contribution >= 4 is 11.8 Å². The standard InChI is InChI=1S/C15H23N3O3/c1-11(2)21-13-10-16-9-12(17-13)18-15(14(19)20)7-5-3-4-6-8-15/h9-11H,3-8H2,1-2H3,(H,17,18)(H,19,20). The number of carboxylic acid groups (broad SMARTS) is 1. The molecule has 1 heterocycles. The Hall–Kier alpha value is -1.85. The van der Waals surface area contributed by atoms with Crippen LogP contribution in [-0.4, -0.2) is 32.7 Å². The van der Waals surface area contributed by atoms with E-state index in [4.69, 9.17) is 4.74 Å². The second-order valence-electron chi connectivity index (χ2n) is 5.84. The van der Waals surface area contributed by atoms with Crippen molar-refractivity contribution in [2.75, 3.05) is 5.32 Å². The predicted molar refractivity (Wildman–Crippen MR) is 79.5 cm³/mol. The minimum atomic E-state index is -0.943. The third kappa shape index (κ3) is 4.06. The van der Waals surface area contributed by atoms with Gasteiger partial charge in [-0.1, -0.05) is 25.7 Å². The first-order valence-electron chi connectivity index (χ1n) is 7.52. The maximum Gasteiger partial charge on any atom is 0.329 e. The highest BCUT2D eigenvalue weighted by Gasteiger charge is 2.39. The number of anilines is 1. The quantitative estimate of drug-likeness (QED) is 0.812. The van der Waals surface area contributed by atoms with Gasteiger partial charge in [0, 0.05) is 0 Å². The van der Waals surface area contributed by atoms with Crippen molar-refractivity contribution in [3.05, 3.63) is 12.4 Å². The second kappa shape index (κ2) is 6.74. The molecular weight excluding hydrogens is 270 g/mol. The Kier molecular flexibility index (Phi) is 4.98. The van der Waals surface area contributed by atoms with Gasteiger partial charge in [-0.15, -0.1) is 0 Å². The molecule has 1 aliphatic carbocycles. The van der Waals surface area contributed by atoms with E-state index < -0.39 is 11.5 Å². The topological polar surface area (TPSA) is 84.3 Å². The number of ether oxygens (including phenoxy) is 1. The number of hydrogen-bond donors (Lipinski definition) is 2. The van der Waals surface area contributed by atoms with Crippen LogP contribution in [0.5, 0.6) is 5.88 Å². The van der Waals surface area contributed by atoms with Gasteiger partial charge in [0.05, 0.1) is 18.5 Å². The van der Waals surface area contributed by atoms with Crippen molar-refractivity contribution in [2.24, 2.45) is 0 Å². The first-order chi connectivity index (χ1) is 10.0. The maximum atomic E-state index is 11.8. The zero-order valence-electron chi connectivity index (χ0n) is 12.6. The van der Waals surface area contributed by atoms with E-state index in [1.54, 1.807) is 6.20 Å². The summed E-state index contributed by atoms with van der Waals surface area (Å²) in [4.78, 5) is 20.1. The van der Waals surface area contributed by atoms with Gasteiger partial charge in [-0.05, 0) is 26.7 Å². The fourth-order valence-corrected chi connectivity index (χ4v) is 2.68. The molecule has 0 aliphatic heterocycles. The van der Waals surface area contributed by atoms with Crippen molar-refractivity contribution in [1.29, 1.82) is 0 Å². The third-order valence-corrected chi connectivity index (χ3v) is 3.70. The van der Waals surface area contributed by atoms with Gasteiger partial charge >= 0.3 is 5.97 Å². The van der Waals surface area contributed by atoms with Crippen LogP contribution in [0.2, 0.25) is 0 Å². The normalized spacial score (nSPS) is 18.0. The molecule has 1 saturated carbocycles. The monoisotopic (exact) mass is 293 g/mol. The Morgan fingerprint density at radius 3 is 2.52 bits per heavy atom. The molecule has 0 aromatic carbocycles. The molecule has 0 saturated heterocycles. The Morgan fingerprint density at radius 2 is 1.95 bits per heavy atom. The van der Waals surface area contributed by atoms with Crippen LogP contribution in [0.3, 0.4) is 0 Å². The van der Waals surface area contributed by atoms with Crippen LogP contribution in [0.4, 0.5) is 5.82 Å². The molecule has 116 valence electrons. The molecule has 1 aromatic heterocycles. The van der Waals surface area contributed by atoms with E-state index in [1.165, 1.54) is 6.20 Å². The van der Waals surface area contributed by atoms with Crippen molar-refractivity contribution in [3.8, 4) is 5.88 Å². The lowest BCUT2D eigenvalue weighted by molar-refractivity contribution is -0.142. The first-order valence-corrected chi connectivity index (χ1v) is 7.52. The average Bonchev–Trinajstić information content (AvgIpc) is 2.65. The van der Waals surface area contributed by atoms with Gasteiger partial charge in [-0.2, -0.15) is 4.98 Å². The first kappa shape index (κ1) is 15.5. The Bertz CT molecular complexity index is 483. The summed E-state index contributed by atoms with van der Waals surface area (Å²) >= 11 is 0. The molecule has 0 radical (unpaired) electrons. The van der Waals surface area contributed by atoms with Crippen LogP contribution in [0.15, 0.2) is 12.4 Å². The molecule has 0 bridgehead atoms. The van der Waals surface area contributed by atoms with E-state index in [0.717, 1.165) is 25.7 Å². The number of rotatable bonds is 5. The van der Waals surface area contributed by atoms with Crippen molar-refractivity contribution in [3.63, 3.8) is 0 Å². The second-order valence-corrected chi connectivity index (χ2v) is 5.84. The van der Waals surface area contributed by atoms with Gasteiger partial charge in [-0.25, -0.2) is 4.79 Å². The molecule has 6 nitrogen and oxygen atoms in total. The van der Waals surface area contributed by atoms with E-state index in [0.29, 0.717) is 24.5 Å². The third-order valence-electron chi connectivity index (χ3n) is 3.70. The molecule has 0 spiro atoms. The molecule has 1 aliphatic rings. The van der Waals surface area contributed by atoms with Crippen LogP contribution < -0.4 is 10.1 Å². The predicted octanol–water partition coefficient (Wildman–Crippen LogP) is 2.85. The van der Waals surface area contributed by atoms with Crippen molar-refractivity contribution in [1.82, 2.24) is 9.97 Å². The van der Waals surface area contributed by atoms with Gasteiger partial charge in [-0.3, -0.25) is 4.98 Å². The van der Waals surface area contributed by atoms with E-state index in [-0.39, 0.29) is 6.10 Å². The lowest BCUT2D eigenvalue weighted by atomic mass is 9.90. The molecule has 0 amide bonds. The van der Waals surface area contributed by atoms with Gasteiger partial charge in [0.15, 0.2) is 0 Å². The van der Waals surface area contributed by atoms with Gasteiger partial charge in [0.25, 0.3) is 0 Å². The average molecular weight is 293 g/mol. The molecule has 2 rings (SSSR count). The highest BCUT2D eigenvalue weighted by atomic mass is 16.5. The lowest BCUT2D eigenvalue weighted by Crippen LogP contribution is -2.46. The van der Waals surface area contributed by atoms with Gasteiger partial charge in [0.2, 0.25) is 5.88 Å². The number of hydrogen-bond acceptors (Lipinski definition) is 5. The summed E-state index contributed by atoms with van der Waals surface area (Å²) in [6, 6.07) is 0. The number of nitrogens with zero attached hydrogens (tertiary/aromatic N) is 2. The number of carboxylic acids is 1. The molecule has 0 atom stereocenters. The fourth-order valence-electron chi connectivity index (χ4n) is 2.68. The van der Waals surface area contributed by atoms with Gasteiger partial charge < -0.3 is 15.2 Å². The Morgan fingerprint density at radius 1 is 1.29 bits per heavy atom. The lowest BCUT2D eigenvalue weighted by Gasteiger charge is -2.29. The van der Waals surface area contributed by atoms with Gasteiger partial charge in [0.1, 0.15) is 11.4 Å². The highest BCUT2D eigenvalue weighted by Crippen LogP contribution is 2.30. The van der Waals surface area contributed by atoms with Crippen LogP contribution >= 0.6 is 0 Å². The molecule has 2 N–H and O–H groups in total. The zero-order valence-corrected chi connectivity index (χ0v) is 12.6. The summed E-state index contributed by atoms with van der Waals surface area (Å²) in [7, 11) is 0. The summed E-state index contributed by atoms with van der Waals surface area (Å²) in [5.74, 6) is 0.0444. The minimum Gasteiger partial charge on any atom is -0.480 e. The highest BCUT2D eigenvalue weighted by molar-refractivity contribution is 5.82. The van der Waals surface area contributed by atoms with E-state index in [2.05, 4.69) is 15.3 Å². The Balaban J connectivity index is 2.18. The molecule has 1 aromatic rings. The summed E-state index contributed by atoms with van der Waals surface area (Å²) in [5, 5.41) is 12.7. The summed E-state index contributed by atoms with van der Waals surface area (Å²) < 4.78 is 5.50. The van der Waals surface area contributed by atoms with Crippen molar-refractivity contribution < 1.29 is 14.6 Å². The molecule has 1 fully saturated rings. The van der Waals surface area contributed by atoms with E-state index in [1.807, 2.05) is 13.8 Å². The number of nitrogens with one attached hydrogen (secondary N) is 1. The zero-order chi connectivity index (χ0) is 15.3. The van der Waals surface area contributed by atoms with Crippen LogP contribution in [-0.2, 0) is 4.79 Å². The molecule has 0 unspecified atom stereocenters. The van der Waals surface area contributed by atoms with Crippen LogP contribution in [0.1, 0.15) is 52.4 Å². The SMILES string of the molecule is CC(C)Oc1cncc(NC2(C(=O)O)CCCCCC2)n1. The molecular formula is C15H23N3O3. The van der Waals surface area contributed by atoms with Crippen LogP contribution in [0.25, 0.3) is 0 Å².